The fourth-order valence-electron chi connectivity index (χ4n) is 1.06. The normalized spacial score (nSPS) is 11.8. The van der Waals surface area contributed by atoms with Gasteiger partial charge in [-0.1, -0.05) is 0 Å². The molecule has 8 heteroatoms. The quantitative estimate of drug-likeness (QED) is 0.811. The summed E-state index contributed by atoms with van der Waals surface area (Å²) >= 11 is 3.21. The molecule has 0 spiro atoms. The maximum atomic E-state index is 11.8. The molecule has 2 N–H and O–H groups in total. The van der Waals surface area contributed by atoms with Crippen molar-refractivity contribution < 1.29 is 13.5 Å². The van der Waals surface area contributed by atoms with Crippen molar-refractivity contribution in [1.82, 2.24) is 9.29 Å². The first-order valence-electron chi connectivity index (χ1n) is 4.92. The molecule has 17 heavy (non-hydrogen) atoms. The predicted octanol–water partition coefficient (Wildman–Crippen LogP) is 0.815. The molecule has 1 aromatic heterocycles. The second kappa shape index (κ2) is 6.29. The molecular formula is C9H14BrN3O3S. The third-order valence-corrected chi connectivity index (χ3v) is 3.94. The molecule has 0 aliphatic heterocycles. The van der Waals surface area contributed by atoms with Crippen molar-refractivity contribution in [3.8, 4) is 0 Å². The Hall–Kier alpha value is -0.700. The minimum absolute atomic E-state index is 0.0452. The largest absolute Gasteiger partial charge is 0.396 e. The van der Waals surface area contributed by atoms with Gasteiger partial charge in [-0.05, 0) is 34.5 Å². The van der Waals surface area contributed by atoms with E-state index in [1.807, 2.05) is 0 Å². The van der Waals surface area contributed by atoms with E-state index < -0.39 is 10.2 Å². The number of halogens is 1. The van der Waals surface area contributed by atoms with Crippen molar-refractivity contribution in [1.29, 1.82) is 0 Å². The second-order valence-electron chi connectivity index (χ2n) is 3.37. The Bertz CT molecular complexity index is 449. The number of aliphatic hydroxyl groups is 1. The molecule has 0 unspecified atom stereocenters. The van der Waals surface area contributed by atoms with E-state index in [0.717, 1.165) is 8.78 Å². The van der Waals surface area contributed by atoms with Crippen molar-refractivity contribution in [2.75, 3.05) is 24.9 Å². The summed E-state index contributed by atoms with van der Waals surface area (Å²) in [5.41, 5.74) is 0. The fourth-order valence-corrected chi connectivity index (χ4v) is 2.20. The van der Waals surface area contributed by atoms with Crippen molar-refractivity contribution in [2.24, 2.45) is 0 Å². The molecular weight excluding hydrogens is 310 g/mol. The molecule has 6 nitrogen and oxygen atoms in total. The van der Waals surface area contributed by atoms with E-state index in [1.54, 1.807) is 12.1 Å². The van der Waals surface area contributed by atoms with Gasteiger partial charge in [0.25, 0.3) is 0 Å². The first-order chi connectivity index (χ1) is 7.95. The highest BCUT2D eigenvalue weighted by Crippen LogP contribution is 2.12. The molecule has 0 aliphatic rings. The predicted molar refractivity (Wildman–Crippen MR) is 68.8 cm³/mol. The van der Waals surface area contributed by atoms with Gasteiger partial charge in [0.15, 0.2) is 0 Å². The second-order valence-corrected chi connectivity index (χ2v) is 6.06. The molecule has 0 atom stereocenters. The Kier molecular flexibility index (Phi) is 5.31. The number of aromatic nitrogens is 1. The summed E-state index contributed by atoms with van der Waals surface area (Å²) in [7, 11) is -2.16. The minimum atomic E-state index is -3.60. The van der Waals surface area contributed by atoms with Crippen LogP contribution < -0.4 is 4.72 Å². The van der Waals surface area contributed by atoms with Gasteiger partial charge in [-0.25, -0.2) is 4.98 Å². The summed E-state index contributed by atoms with van der Waals surface area (Å²) in [4.78, 5) is 3.91. The first kappa shape index (κ1) is 14.4. The molecule has 1 aromatic rings. The van der Waals surface area contributed by atoms with Crippen LogP contribution in [0.5, 0.6) is 0 Å². The van der Waals surface area contributed by atoms with E-state index in [2.05, 4.69) is 25.6 Å². The summed E-state index contributed by atoms with van der Waals surface area (Å²) < 4.78 is 27.8. The monoisotopic (exact) mass is 323 g/mol. The summed E-state index contributed by atoms with van der Waals surface area (Å²) in [6, 6.07) is 3.25. The molecule has 0 saturated heterocycles. The molecule has 0 aliphatic carbocycles. The zero-order chi connectivity index (χ0) is 12.9. The van der Waals surface area contributed by atoms with Gasteiger partial charge >= 0.3 is 10.2 Å². The topological polar surface area (TPSA) is 82.5 Å². The van der Waals surface area contributed by atoms with Crippen LogP contribution in [0.3, 0.4) is 0 Å². The van der Waals surface area contributed by atoms with Gasteiger partial charge in [0, 0.05) is 30.9 Å². The number of pyridine rings is 1. The van der Waals surface area contributed by atoms with Crippen LogP contribution in [0.1, 0.15) is 6.42 Å². The van der Waals surface area contributed by atoms with E-state index >= 15 is 0 Å². The molecule has 0 radical (unpaired) electrons. The highest BCUT2D eigenvalue weighted by atomic mass is 79.9. The smallest absolute Gasteiger partial charge is 0.302 e. The van der Waals surface area contributed by atoms with Crippen LogP contribution in [-0.4, -0.2) is 43.0 Å². The number of hydrogen-bond acceptors (Lipinski definition) is 4. The van der Waals surface area contributed by atoms with E-state index in [-0.39, 0.29) is 19.0 Å². The average molecular weight is 324 g/mol. The van der Waals surface area contributed by atoms with E-state index in [0.29, 0.717) is 6.42 Å². The number of hydrogen-bond donors (Lipinski definition) is 2. The third-order valence-electron chi connectivity index (χ3n) is 2.00. The van der Waals surface area contributed by atoms with Gasteiger partial charge in [0.05, 0.1) is 0 Å². The summed E-state index contributed by atoms with van der Waals surface area (Å²) in [6.07, 6.45) is 1.90. The lowest BCUT2D eigenvalue weighted by Crippen LogP contribution is -2.33. The van der Waals surface area contributed by atoms with Gasteiger partial charge in [-0.3, -0.25) is 4.72 Å². The van der Waals surface area contributed by atoms with Crippen LogP contribution in [0.4, 0.5) is 5.82 Å². The Balaban J connectivity index is 2.69. The number of nitrogens with one attached hydrogen (secondary N) is 1. The van der Waals surface area contributed by atoms with Gasteiger partial charge < -0.3 is 5.11 Å². The molecule has 0 fully saturated rings. The highest BCUT2D eigenvalue weighted by molar-refractivity contribution is 9.10. The molecule has 1 rings (SSSR count). The van der Waals surface area contributed by atoms with Crippen molar-refractivity contribution in [3.05, 3.63) is 22.8 Å². The molecule has 1 heterocycles. The zero-order valence-electron chi connectivity index (χ0n) is 9.30. The minimum Gasteiger partial charge on any atom is -0.396 e. The number of rotatable bonds is 6. The highest BCUT2D eigenvalue weighted by Gasteiger charge is 2.17. The van der Waals surface area contributed by atoms with E-state index in [1.165, 1.54) is 13.2 Å². The van der Waals surface area contributed by atoms with Crippen LogP contribution in [0, 0.1) is 0 Å². The summed E-state index contributed by atoms with van der Waals surface area (Å²) in [5, 5.41) is 8.64. The lowest BCUT2D eigenvalue weighted by molar-refractivity contribution is 0.276. The maximum Gasteiger partial charge on any atom is 0.302 e. The maximum absolute atomic E-state index is 11.8. The Morgan fingerprint density at radius 2 is 2.24 bits per heavy atom. The molecule has 0 aromatic carbocycles. The number of anilines is 1. The van der Waals surface area contributed by atoms with Crippen LogP contribution >= 0.6 is 15.9 Å². The molecule has 0 amide bonds. The van der Waals surface area contributed by atoms with Gasteiger partial charge in [0.1, 0.15) is 5.82 Å². The Morgan fingerprint density at radius 1 is 1.53 bits per heavy atom. The van der Waals surface area contributed by atoms with Crippen molar-refractivity contribution in [2.45, 2.75) is 6.42 Å². The van der Waals surface area contributed by atoms with Crippen LogP contribution in [-0.2, 0) is 10.2 Å². The first-order valence-corrected chi connectivity index (χ1v) is 7.15. The molecule has 96 valence electrons. The van der Waals surface area contributed by atoms with Crippen molar-refractivity contribution >= 4 is 32.0 Å². The molecule has 0 bridgehead atoms. The average Bonchev–Trinajstić information content (AvgIpc) is 2.28. The van der Waals surface area contributed by atoms with Gasteiger partial charge in [0.2, 0.25) is 0 Å². The van der Waals surface area contributed by atoms with E-state index in [4.69, 9.17) is 5.11 Å². The Morgan fingerprint density at radius 3 is 2.76 bits per heavy atom. The Labute approximate surface area is 109 Å². The third kappa shape index (κ3) is 4.58. The van der Waals surface area contributed by atoms with Gasteiger partial charge in [-0.15, -0.1) is 0 Å². The van der Waals surface area contributed by atoms with Crippen LogP contribution in [0.15, 0.2) is 22.8 Å². The van der Waals surface area contributed by atoms with Crippen LogP contribution in [0.25, 0.3) is 0 Å². The zero-order valence-corrected chi connectivity index (χ0v) is 11.7. The summed E-state index contributed by atoms with van der Waals surface area (Å²) in [6.45, 7) is 0.207. The summed E-state index contributed by atoms with van der Waals surface area (Å²) in [5.74, 6) is 0.254. The van der Waals surface area contributed by atoms with E-state index in [9.17, 15) is 8.42 Å². The van der Waals surface area contributed by atoms with Crippen molar-refractivity contribution in [3.63, 3.8) is 0 Å². The molecule has 0 saturated carbocycles. The number of aliphatic hydroxyl groups excluding tert-OH is 1. The standard InChI is InChI=1S/C9H14BrN3O3S/c1-13(5-2-6-14)17(15,16)12-9-4-3-8(10)7-11-9/h3-4,7,14H,2,5-6H2,1H3,(H,11,12). The van der Waals surface area contributed by atoms with Gasteiger partial charge in [-0.2, -0.15) is 12.7 Å². The van der Waals surface area contributed by atoms with Crippen LogP contribution in [0.2, 0.25) is 0 Å². The lowest BCUT2D eigenvalue weighted by Gasteiger charge is -2.17. The lowest BCUT2D eigenvalue weighted by atomic mass is 10.5. The fraction of sp³-hybridized carbons (Fsp3) is 0.444. The SMILES string of the molecule is CN(CCCO)S(=O)(=O)Nc1ccc(Br)cn1. The number of nitrogens with zero attached hydrogens (tertiary/aromatic N) is 2.